The van der Waals surface area contributed by atoms with Gasteiger partial charge in [0.05, 0.1) is 12.1 Å². The highest BCUT2D eigenvalue weighted by Crippen LogP contribution is 2.19. The van der Waals surface area contributed by atoms with Gasteiger partial charge < -0.3 is 4.74 Å². The first-order valence-electron chi connectivity index (χ1n) is 5.21. The molecule has 0 fully saturated rings. The highest BCUT2D eigenvalue weighted by molar-refractivity contribution is 6.35. The number of ether oxygens (including phenoxy) is 1. The van der Waals surface area contributed by atoms with E-state index in [-0.39, 0.29) is 32.9 Å². The molecule has 0 saturated heterocycles. The zero-order valence-electron chi connectivity index (χ0n) is 10.0. The van der Waals surface area contributed by atoms with Crippen molar-refractivity contribution in [2.24, 2.45) is 0 Å². The van der Waals surface area contributed by atoms with Crippen molar-refractivity contribution in [3.8, 4) is 5.88 Å². The Morgan fingerprint density at radius 2 is 1.90 bits per heavy atom. The van der Waals surface area contributed by atoms with E-state index >= 15 is 0 Å². The van der Waals surface area contributed by atoms with Crippen molar-refractivity contribution in [3.05, 3.63) is 39.2 Å². The summed E-state index contributed by atoms with van der Waals surface area (Å²) in [6.45, 7) is 0. The fourth-order valence-corrected chi connectivity index (χ4v) is 1.81. The molecule has 0 radical (unpaired) electrons. The molecule has 0 aromatic carbocycles. The summed E-state index contributed by atoms with van der Waals surface area (Å²) in [5.74, 6) is -0.426. The molecular weight excluding hydrogens is 327 g/mol. The third kappa shape index (κ3) is 3.47. The van der Waals surface area contributed by atoms with Crippen LogP contribution in [0.1, 0.15) is 10.5 Å². The second-order valence-corrected chi connectivity index (χ2v) is 4.66. The quantitative estimate of drug-likeness (QED) is 0.690. The summed E-state index contributed by atoms with van der Waals surface area (Å²) in [6.07, 6.45) is 0. The van der Waals surface area contributed by atoms with Gasteiger partial charge in [-0.15, -0.1) is 0 Å². The van der Waals surface area contributed by atoms with E-state index in [9.17, 15) is 4.79 Å². The molecule has 20 heavy (non-hydrogen) atoms. The number of nitrogens with one attached hydrogen (secondary N) is 1. The molecule has 1 N–H and O–H groups in total. The number of rotatable bonds is 3. The number of halogens is 3. The van der Waals surface area contributed by atoms with Gasteiger partial charge in [-0.05, 0) is 12.1 Å². The number of hydrogen-bond donors (Lipinski definition) is 1. The maximum atomic E-state index is 12.0. The second-order valence-electron chi connectivity index (χ2n) is 3.48. The van der Waals surface area contributed by atoms with Crippen LogP contribution < -0.4 is 10.1 Å². The van der Waals surface area contributed by atoms with Crippen molar-refractivity contribution in [1.29, 1.82) is 0 Å². The number of amides is 1. The van der Waals surface area contributed by atoms with Gasteiger partial charge in [-0.2, -0.15) is 4.98 Å². The van der Waals surface area contributed by atoms with E-state index in [4.69, 9.17) is 39.5 Å². The fraction of sp³-hybridized carbons (Fsp3) is 0.0909. The Kier molecular flexibility index (Phi) is 4.59. The van der Waals surface area contributed by atoms with Gasteiger partial charge in [-0.1, -0.05) is 34.8 Å². The zero-order valence-corrected chi connectivity index (χ0v) is 12.3. The molecule has 9 heteroatoms. The van der Waals surface area contributed by atoms with Crippen molar-refractivity contribution < 1.29 is 9.53 Å². The van der Waals surface area contributed by atoms with Crippen LogP contribution in [0, 0.1) is 0 Å². The summed E-state index contributed by atoms with van der Waals surface area (Å²) in [5, 5.41) is 2.83. The highest BCUT2D eigenvalue weighted by atomic mass is 35.5. The van der Waals surface area contributed by atoms with Crippen LogP contribution in [0.2, 0.25) is 15.3 Å². The topological polar surface area (TPSA) is 77.0 Å². The number of carbonyl (C=O) groups excluding carboxylic acids is 1. The molecule has 1 amide bonds. The number of methoxy groups -OCH3 is 1. The molecule has 104 valence electrons. The van der Waals surface area contributed by atoms with Crippen LogP contribution in [0.15, 0.2) is 18.2 Å². The highest BCUT2D eigenvalue weighted by Gasteiger charge is 2.15. The van der Waals surface area contributed by atoms with E-state index < -0.39 is 5.91 Å². The van der Waals surface area contributed by atoms with Crippen molar-refractivity contribution in [1.82, 2.24) is 15.0 Å². The lowest BCUT2D eigenvalue weighted by Crippen LogP contribution is -2.16. The van der Waals surface area contributed by atoms with Crippen molar-refractivity contribution in [2.75, 3.05) is 12.4 Å². The molecule has 6 nitrogen and oxygen atoms in total. The third-order valence-electron chi connectivity index (χ3n) is 2.13. The molecule has 0 atom stereocenters. The number of carbonyl (C=O) groups is 1. The first-order chi connectivity index (χ1) is 9.49. The summed E-state index contributed by atoms with van der Waals surface area (Å²) in [4.78, 5) is 23.6. The molecule has 0 aliphatic carbocycles. The van der Waals surface area contributed by atoms with E-state index in [1.165, 1.54) is 25.3 Å². The monoisotopic (exact) mass is 332 g/mol. The predicted octanol–water partition coefficient (Wildman–Crippen LogP) is 3.09. The lowest BCUT2D eigenvalue weighted by Gasteiger charge is -2.06. The van der Waals surface area contributed by atoms with Gasteiger partial charge in [0.15, 0.2) is 0 Å². The molecule has 0 unspecified atom stereocenters. The minimum Gasteiger partial charge on any atom is -0.481 e. The Labute approximate surface area is 129 Å². The van der Waals surface area contributed by atoms with Gasteiger partial charge >= 0.3 is 0 Å². The van der Waals surface area contributed by atoms with Crippen LogP contribution in [0.3, 0.4) is 0 Å². The Morgan fingerprint density at radius 1 is 1.15 bits per heavy atom. The van der Waals surface area contributed by atoms with Gasteiger partial charge in [0.2, 0.25) is 11.8 Å². The maximum Gasteiger partial charge on any atom is 0.278 e. The van der Waals surface area contributed by atoms with E-state index in [2.05, 4.69) is 20.3 Å². The van der Waals surface area contributed by atoms with Gasteiger partial charge in [-0.3, -0.25) is 10.1 Å². The first kappa shape index (κ1) is 14.8. The molecule has 0 saturated carbocycles. The zero-order chi connectivity index (χ0) is 14.7. The van der Waals surface area contributed by atoms with E-state index in [0.717, 1.165) is 0 Å². The van der Waals surface area contributed by atoms with Crippen molar-refractivity contribution in [2.45, 2.75) is 0 Å². The second kappa shape index (κ2) is 6.21. The van der Waals surface area contributed by atoms with Crippen LogP contribution in [0.5, 0.6) is 5.88 Å². The van der Waals surface area contributed by atoms with Gasteiger partial charge in [-0.25, -0.2) is 9.97 Å². The van der Waals surface area contributed by atoms with Crippen molar-refractivity contribution in [3.63, 3.8) is 0 Å². The lowest BCUT2D eigenvalue weighted by atomic mass is 10.3. The molecule has 0 aliphatic rings. The van der Waals surface area contributed by atoms with Crippen LogP contribution in [0.25, 0.3) is 0 Å². The largest absolute Gasteiger partial charge is 0.481 e. The van der Waals surface area contributed by atoms with Crippen LogP contribution in [-0.2, 0) is 0 Å². The first-order valence-corrected chi connectivity index (χ1v) is 6.35. The summed E-state index contributed by atoms with van der Waals surface area (Å²) >= 11 is 17.4. The smallest absolute Gasteiger partial charge is 0.278 e. The average molecular weight is 334 g/mol. The number of anilines is 1. The third-order valence-corrected chi connectivity index (χ3v) is 2.84. The standard InChI is InChI=1S/C11H7Cl3N4O2/c1-20-8-4-7(14)16-11(17-8)18-10(19)9-5(12)2-3-6(13)15-9/h2-4H,1H3,(H,16,17,18,19). The maximum absolute atomic E-state index is 12.0. The Hall–Kier alpha value is -1.63. The molecule has 0 aliphatic heterocycles. The molecule has 2 aromatic rings. The summed E-state index contributed by atoms with van der Waals surface area (Å²) < 4.78 is 4.92. The fourth-order valence-electron chi connectivity index (χ4n) is 1.30. The Bertz CT molecular complexity index is 666. The molecule has 2 aromatic heterocycles. The summed E-state index contributed by atoms with van der Waals surface area (Å²) in [6, 6.07) is 4.34. The number of hydrogen-bond acceptors (Lipinski definition) is 5. The van der Waals surface area contributed by atoms with Gasteiger partial charge in [0.1, 0.15) is 16.0 Å². The Morgan fingerprint density at radius 3 is 2.60 bits per heavy atom. The van der Waals surface area contributed by atoms with E-state index in [1.54, 1.807) is 0 Å². The van der Waals surface area contributed by atoms with Crippen molar-refractivity contribution >= 4 is 46.7 Å². The number of nitrogens with zero attached hydrogens (tertiary/aromatic N) is 3. The molecule has 0 bridgehead atoms. The summed E-state index contributed by atoms with van der Waals surface area (Å²) in [7, 11) is 1.42. The van der Waals surface area contributed by atoms with E-state index in [1.807, 2.05) is 0 Å². The van der Waals surface area contributed by atoms with Gasteiger partial charge in [0.25, 0.3) is 5.91 Å². The summed E-state index contributed by atoms with van der Waals surface area (Å²) in [5.41, 5.74) is -0.0401. The van der Waals surface area contributed by atoms with Crippen LogP contribution in [-0.4, -0.2) is 28.0 Å². The molecule has 2 rings (SSSR count). The average Bonchev–Trinajstić information content (AvgIpc) is 2.40. The van der Waals surface area contributed by atoms with E-state index in [0.29, 0.717) is 0 Å². The molecule has 2 heterocycles. The SMILES string of the molecule is COc1cc(Cl)nc(NC(=O)c2nc(Cl)ccc2Cl)n1. The predicted molar refractivity (Wildman–Crippen MR) is 75.8 cm³/mol. The minimum absolute atomic E-state index is 0.0304. The van der Waals surface area contributed by atoms with Crippen LogP contribution in [0.4, 0.5) is 5.95 Å². The minimum atomic E-state index is -0.609. The lowest BCUT2D eigenvalue weighted by molar-refractivity contribution is 0.102. The Balaban J connectivity index is 2.27. The number of aromatic nitrogens is 3. The van der Waals surface area contributed by atoms with Crippen LogP contribution >= 0.6 is 34.8 Å². The molecule has 0 spiro atoms. The number of pyridine rings is 1. The normalized spacial score (nSPS) is 10.2. The molecular formula is C11H7Cl3N4O2. The van der Waals surface area contributed by atoms with Gasteiger partial charge in [0, 0.05) is 6.07 Å².